The summed E-state index contributed by atoms with van der Waals surface area (Å²) < 4.78 is 0. The van der Waals surface area contributed by atoms with Crippen LogP contribution in [0.4, 0.5) is 0 Å². The van der Waals surface area contributed by atoms with Gasteiger partial charge in [-0.25, -0.2) is 0 Å². The van der Waals surface area contributed by atoms with Gasteiger partial charge in [0.05, 0.1) is 5.54 Å². The van der Waals surface area contributed by atoms with Crippen molar-refractivity contribution in [3.8, 4) is 5.75 Å². The molecule has 0 heterocycles. The molecule has 3 heteroatoms. The zero-order valence-corrected chi connectivity index (χ0v) is 14.0. The van der Waals surface area contributed by atoms with Crippen LogP contribution in [0, 0.1) is 6.92 Å². The van der Waals surface area contributed by atoms with Gasteiger partial charge >= 0.3 is 0 Å². The lowest BCUT2D eigenvalue weighted by Crippen LogP contribution is -2.13. The van der Waals surface area contributed by atoms with Crippen LogP contribution in [-0.4, -0.2) is 16.9 Å². The fourth-order valence-electron chi connectivity index (χ4n) is 1.89. The van der Waals surface area contributed by atoms with Gasteiger partial charge in [-0.15, -0.1) is 0 Å². The van der Waals surface area contributed by atoms with Crippen molar-refractivity contribution < 1.29 is 5.11 Å². The second-order valence-corrected chi connectivity index (χ2v) is 7.44. The molecule has 2 rings (SSSR count). The summed E-state index contributed by atoms with van der Waals surface area (Å²) >= 11 is 0. The SMILES string of the molecule is Cc1cccc(Pc2ccccc2/C=N/C(C)(C)C)c1O. The van der Waals surface area contributed by atoms with Gasteiger partial charge in [0, 0.05) is 17.1 Å². The molecule has 1 N–H and O–H groups in total. The van der Waals surface area contributed by atoms with E-state index < -0.39 is 0 Å². The van der Waals surface area contributed by atoms with E-state index in [4.69, 9.17) is 0 Å². The Hall–Kier alpha value is -1.66. The molecule has 0 aliphatic rings. The standard InChI is InChI=1S/C18H22NOP/c1-13-8-7-11-16(17(13)20)21-15-10-6-5-9-14(15)12-19-18(2,3)4/h5-12,20-21H,1-4H3/b19-12+. The van der Waals surface area contributed by atoms with E-state index in [2.05, 4.69) is 37.9 Å². The highest BCUT2D eigenvalue weighted by atomic mass is 31.1. The number of aromatic hydroxyl groups is 1. The molecule has 110 valence electrons. The second kappa shape index (κ2) is 6.41. The summed E-state index contributed by atoms with van der Waals surface area (Å²) in [5.74, 6) is 0.401. The van der Waals surface area contributed by atoms with E-state index in [0.29, 0.717) is 14.3 Å². The van der Waals surface area contributed by atoms with Gasteiger partial charge in [-0.3, -0.25) is 4.99 Å². The van der Waals surface area contributed by atoms with Crippen LogP contribution in [0.5, 0.6) is 5.75 Å². The number of phenols is 1. The molecule has 21 heavy (non-hydrogen) atoms. The van der Waals surface area contributed by atoms with Gasteiger partial charge in [-0.2, -0.15) is 0 Å². The molecule has 0 aliphatic heterocycles. The average Bonchev–Trinajstić information content (AvgIpc) is 2.42. The first-order chi connectivity index (χ1) is 9.87. The number of aryl methyl sites for hydroxylation is 1. The van der Waals surface area contributed by atoms with E-state index in [1.807, 2.05) is 43.5 Å². The zero-order chi connectivity index (χ0) is 15.5. The summed E-state index contributed by atoms with van der Waals surface area (Å²) in [5, 5.41) is 12.4. The Labute approximate surface area is 128 Å². The van der Waals surface area contributed by atoms with Crippen LogP contribution in [-0.2, 0) is 0 Å². The fraction of sp³-hybridized carbons (Fsp3) is 0.278. The number of phenolic OH excluding ortho intramolecular Hbond substituents is 1. The Morgan fingerprint density at radius 3 is 2.38 bits per heavy atom. The van der Waals surface area contributed by atoms with E-state index in [1.165, 1.54) is 5.30 Å². The maximum atomic E-state index is 10.2. The Morgan fingerprint density at radius 1 is 1.00 bits per heavy atom. The number of hydrogen-bond acceptors (Lipinski definition) is 2. The normalized spacial score (nSPS) is 12.6. The van der Waals surface area contributed by atoms with Crippen LogP contribution in [0.3, 0.4) is 0 Å². The summed E-state index contributed by atoms with van der Waals surface area (Å²) in [6, 6.07) is 14.1. The van der Waals surface area contributed by atoms with Gasteiger partial charge in [0.25, 0.3) is 0 Å². The molecule has 2 aromatic rings. The maximum Gasteiger partial charge on any atom is 0.126 e. The van der Waals surface area contributed by atoms with E-state index in [9.17, 15) is 5.11 Å². The van der Waals surface area contributed by atoms with Crippen molar-refractivity contribution in [1.82, 2.24) is 0 Å². The minimum atomic E-state index is -0.0817. The minimum Gasteiger partial charge on any atom is -0.507 e. The largest absolute Gasteiger partial charge is 0.507 e. The first-order valence-electron chi connectivity index (χ1n) is 7.07. The fourth-order valence-corrected chi connectivity index (χ4v) is 3.15. The zero-order valence-electron chi connectivity index (χ0n) is 13.0. The average molecular weight is 299 g/mol. The van der Waals surface area contributed by atoms with E-state index in [-0.39, 0.29) is 5.54 Å². The summed E-state index contributed by atoms with van der Waals surface area (Å²) in [5.41, 5.74) is 1.95. The van der Waals surface area contributed by atoms with Crippen molar-refractivity contribution in [2.45, 2.75) is 33.2 Å². The number of nitrogens with zero attached hydrogens (tertiary/aromatic N) is 1. The highest BCUT2D eigenvalue weighted by Gasteiger charge is 2.09. The van der Waals surface area contributed by atoms with Gasteiger partial charge in [0.15, 0.2) is 0 Å². The van der Waals surface area contributed by atoms with Crippen molar-refractivity contribution in [1.29, 1.82) is 0 Å². The van der Waals surface area contributed by atoms with Crippen LogP contribution >= 0.6 is 8.58 Å². The van der Waals surface area contributed by atoms with Crippen LogP contribution < -0.4 is 10.6 Å². The Morgan fingerprint density at radius 2 is 1.67 bits per heavy atom. The predicted octanol–water partition coefficient (Wildman–Crippen LogP) is 3.55. The molecule has 0 amide bonds. The summed E-state index contributed by atoms with van der Waals surface area (Å²) in [4.78, 5) is 4.59. The lowest BCUT2D eigenvalue weighted by molar-refractivity contribution is 0.475. The topological polar surface area (TPSA) is 32.6 Å². The second-order valence-electron chi connectivity index (χ2n) is 6.11. The molecule has 0 aromatic heterocycles. The summed E-state index contributed by atoms with van der Waals surface area (Å²) in [6.45, 7) is 8.18. The molecule has 2 aromatic carbocycles. The highest BCUT2D eigenvalue weighted by molar-refractivity contribution is 7.56. The number of hydrogen-bond donors (Lipinski definition) is 1. The van der Waals surface area contributed by atoms with Crippen molar-refractivity contribution >= 4 is 25.4 Å². The smallest absolute Gasteiger partial charge is 0.126 e. The third-order valence-electron chi connectivity index (χ3n) is 3.06. The highest BCUT2D eigenvalue weighted by Crippen LogP contribution is 2.22. The molecular formula is C18H22NOP. The number of aliphatic imine (C=N–C) groups is 1. The monoisotopic (exact) mass is 299 g/mol. The summed E-state index contributed by atoms with van der Waals surface area (Å²) in [6.07, 6.45) is 1.94. The molecule has 2 nitrogen and oxygen atoms in total. The molecule has 1 unspecified atom stereocenters. The van der Waals surface area contributed by atoms with Crippen molar-refractivity contribution in [2.24, 2.45) is 4.99 Å². The minimum absolute atomic E-state index is 0.0817. The molecule has 0 aliphatic carbocycles. The van der Waals surface area contributed by atoms with Crippen LogP contribution in [0.1, 0.15) is 31.9 Å². The van der Waals surface area contributed by atoms with E-state index in [1.54, 1.807) is 0 Å². The summed E-state index contributed by atoms with van der Waals surface area (Å²) in [7, 11) is 0.423. The lowest BCUT2D eigenvalue weighted by Gasteiger charge is -2.13. The van der Waals surface area contributed by atoms with Gasteiger partial charge in [0.2, 0.25) is 0 Å². The molecule has 0 saturated carbocycles. The number of para-hydroxylation sites is 1. The van der Waals surface area contributed by atoms with Gasteiger partial charge in [-0.05, 0) is 38.6 Å². The van der Waals surface area contributed by atoms with Crippen molar-refractivity contribution in [2.75, 3.05) is 0 Å². The van der Waals surface area contributed by atoms with Gasteiger partial charge in [0.1, 0.15) is 5.75 Å². The maximum absolute atomic E-state index is 10.2. The first kappa shape index (κ1) is 15.7. The Balaban J connectivity index is 2.33. The quantitative estimate of drug-likeness (QED) is 0.682. The number of benzene rings is 2. The molecule has 0 bridgehead atoms. The Kier molecular flexibility index (Phi) is 4.80. The molecule has 0 saturated heterocycles. The number of rotatable bonds is 3. The van der Waals surface area contributed by atoms with Crippen LogP contribution in [0.2, 0.25) is 0 Å². The van der Waals surface area contributed by atoms with Crippen LogP contribution in [0.25, 0.3) is 0 Å². The van der Waals surface area contributed by atoms with Crippen LogP contribution in [0.15, 0.2) is 47.5 Å². The third kappa shape index (κ3) is 4.41. The molecule has 0 fully saturated rings. The van der Waals surface area contributed by atoms with E-state index >= 15 is 0 Å². The third-order valence-corrected chi connectivity index (χ3v) is 4.46. The molecule has 0 radical (unpaired) electrons. The van der Waals surface area contributed by atoms with Crippen molar-refractivity contribution in [3.63, 3.8) is 0 Å². The molecule has 1 atom stereocenters. The van der Waals surface area contributed by atoms with Crippen molar-refractivity contribution in [3.05, 3.63) is 53.6 Å². The molecule has 0 spiro atoms. The first-order valence-corrected chi connectivity index (χ1v) is 8.07. The lowest BCUT2D eigenvalue weighted by atomic mass is 10.1. The van der Waals surface area contributed by atoms with E-state index in [0.717, 1.165) is 16.4 Å². The predicted molar refractivity (Wildman–Crippen MR) is 94.2 cm³/mol. The van der Waals surface area contributed by atoms with Gasteiger partial charge < -0.3 is 5.11 Å². The molecular weight excluding hydrogens is 277 g/mol. The Bertz CT molecular complexity index is 657. The van der Waals surface area contributed by atoms with Gasteiger partial charge in [-0.1, -0.05) is 51.0 Å².